The number of carboxylic acids is 1. The van der Waals surface area contributed by atoms with Crippen LogP contribution in [0.2, 0.25) is 0 Å². The second-order valence-electron chi connectivity index (χ2n) is 12.8. The van der Waals surface area contributed by atoms with E-state index in [1.165, 1.54) is 25.3 Å². The Morgan fingerprint density at radius 3 is 2.25 bits per heavy atom. The highest BCUT2D eigenvalue weighted by atomic mass is 35.5. The minimum atomic E-state index is -1.24. The monoisotopic (exact) mass is 747 g/mol. The Hall–Kier alpha value is -5.28. The average Bonchev–Trinajstić information content (AvgIpc) is 3.44. The predicted molar refractivity (Wildman–Crippen MR) is 206 cm³/mol. The zero-order valence-electron chi connectivity index (χ0n) is 30.0. The summed E-state index contributed by atoms with van der Waals surface area (Å²) in [4.78, 5) is 72.8. The molecule has 53 heavy (non-hydrogen) atoms. The number of halogens is 1. The van der Waals surface area contributed by atoms with E-state index in [9.17, 15) is 29.1 Å². The minimum Gasteiger partial charge on any atom is -0.478 e. The van der Waals surface area contributed by atoms with Crippen LogP contribution >= 0.6 is 12.4 Å². The van der Waals surface area contributed by atoms with Crippen LogP contribution < -0.4 is 26.2 Å². The summed E-state index contributed by atoms with van der Waals surface area (Å²) in [6, 6.07) is 18.4. The second kappa shape index (κ2) is 18.5. The number of carbonyl (C=O) groups excluding carboxylic acids is 4. The lowest BCUT2D eigenvalue weighted by Gasteiger charge is -2.32. The van der Waals surface area contributed by atoms with Crippen LogP contribution in [0.4, 0.5) is 21.9 Å². The maximum Gasteiger partial charge on any atom is 0.335 e. The number of hydrogen-bond acceptors (Lipinski definition) is 10. The Kier molecular flexibility index (Phi) is 14.1. The number of likely N-dealkylation sites (N-methyl/N-ethyl adjacent to an activating group) is 2. The third kappa shape index (κ3) is 9.59. The lowest BCUT2D eigenvalue weighted by molar-refractivity contribution is -0.143. The van der Waals surface area contributed by atoms with Crippen LogP contribution in [0.1, 0.15) is 40.7 Å². The van der Waals surface area contributed by atoms with Gasteiger partial charge in [-0.1, -0.05) is 36.4 Å². The van der Waals surface area contributed by atoms with Gasteiger partial charge in [0.2, 0.25) is 5.91 Å². The number of aromatic carboxylic acids is 1. The smallest absolute Gasteiger partial charge is 0.335 e. The van der Waals surface area contributed by atoms with Gasteiger partial charge in [0, 0.05) is 50.2 Å². The molecule has 3 aromatic rings. The Labute approximate surface area is 314 Å². The number of carbonyl (C=O) groups is 5. The summed E-state index contributed by atoms with van der Waals surface area (Å²) >= 11 is 0. The summed E-state index contributed by atoms with van der Waals surface area (Å²) in [6.45, 7) is 4.20. The van der Waals surface area contributed by atoms with Crippen molar-refractivity contribution in [3.05, 3.63) is 89.5 Å². The van der Waals surface area contributed by atoms with Crippen molar-refractivity contribution in [1.29, 1.82) is 0 Å². The molecule has 4 amide bonds. The molecule has 2 aliphatic rings. The molecule has 0 aromatic heterocycles. The number of rotatable bonds is 13. The molecular weight excluding hydrogens is 702 g/mol. The van der Waals surface area contributed by atoms with Crippen LogP contribution in [0.15, 0.2) is 72.8 Å². The molecule has 1 fully saturated rings. The molecule has 1 saturated heterocycles. The van der Waals surface area contributed by atoms with Gasteiger partial charge in [0.25, 0.3) is 5.91 Å². The molecule has 0 unspecified atom stereocenters. The number of methoxy groups -OCH3 is 1. The molecule has 5 N–H and O–H groups in total. The summed E-state index contributed by atoms with van der Waals surface area (Å²) in [6.07, 6.45) is 1.36. The van der Waals surface area contributed by atoms with E-state index in [0.717, 1.165) is 31.1 Å². The van der Waals surface area contributed by atoms with Gasteiger partial charge in [-0.15, -0.1) is 12.4 Å². The number of fused-ring (bicyclic) bond motifs is 1. The summed E-state index contributed by atoms with van der Waals surface area (Å²) in [7, 11) is 5.01. The van der Waals surface area contributed by atoms with Gasteiger partial charge in [-0.2, -0.15) is 0 Å². The number of benzene rings is 3. The Bertz CT molecular complexity index is 1830. The number of imide groups is 1. The highest BCUT2D eigenvalue weighted by Gasteiger charge is 2.41. The van der Waals surface area contributed by atoms with Crippen LogP contribution in [0, 0.1) is 0 Å². The van der Waals surface area contributed by atoms with E-state index in [-0.39, 0.29) is 41.6 Å². The van der Waals surface area contributed by atoms with Gasteiger partial charge in [0.1, 0.15) is 6.04 Å². The molecule has 2 aliphatic heterocycles. The molecule has 0 radical (unpaired) electrons. The van der Waals surface area contributed by atoms with E-state index in [0.29, 0.717) is 54.1 Å². The molecule has 282 valence electrons. The summed E-state index contributed by atoms with van der Waals surface area (Å²) in [5.41, 5.74) is 8.25. The molecule has 0 saturated carbocycles. The highest BCUT2D eigenvalue weighted by Crippen LogP contribution is 2.42. The lowest BCUT2D eigenvalue weighted by atomic mass is 9.99. The number of ether oxygens (including phenoxy) is 1. The van der Waals surface area contributed by atoms with Crippen LogP contribution in [-0.2, 0) is 19.1 Å². The minimum absolute atomic E-state index is 0. The summed E-state index contributed by atoms with van der Waals surface area (Å²) in [5, 5.41) is 15.8. The van der Waals surface area contributed by atoms with Gasteiger partial charge in [0.15, 0.2) is 0 Å². The molecule has 0 bridgehead atoms. The molecule has 15 heteroatoms. The van der Waals surface area contributed by atoms with Gasteiger partial charge in [-0.3, -0.25) is 14.5 Å². The normalized spacial score (nSPS) is 15.8. The zero-order chi connectivity index (χ0) is 37.4. The van der Waals surface area contributed by atoms with E-state index in [2.05, 4.69) is 27.5 Å². The largest absolute Gasteiger partial charge is 0.478 e. The Morgan fingerprint density at radius 2 is 1.62 bits per heavy atom. The summed E-state index contributed by atoms with van der Waals surface area (Å²) in [5.74, 6) is -2.68. The van der Waals surface area contributed by atoms with E-state index in [4.69, 9.17) is 10.5 Å². The van der Waals surface area contributed by atoms with Crippen LogP contribution in [0.3, 0.4) is 0 Å². The van der Waals surface area contributed by atoms with Gasteiger partial charge >= 0.3 is 18.0 Å². The summed E-state index contributed by atoms with van der Waals surface area (Å²) < 4.78 is 4.90. The van der Waals surface area contributed by atoms with Gasteiger partial charge < -0.3 is 36.0 Å². The first-order valence-corrected chi connectivity index (χ1v) is 17.2. The van der Waals surface area contributed by atoms with Gasteiger partial charge in [0.05, 0.1) is 36.2 Å². The van der Waals surface area contributed by atoms with Crippen molar-refractivity contribution >= 4 is 70.5 Å². The standard InChI is InChI=1S/C38H45N7O7.ClH/c1-42-19-21-44(22-20-42)24-32(46)43(2)28-15-13-27(14-16-28)40-34(25-9-5-4-6-10-25)33-29-17-12-26(36(48)49)23-31(29)45(35(33)47)38(51)41-30(37(50)52-3)11-7-8-18-39;/h4-6,9-10,12-17,23,30,40H,7-8,11,18-22,24,39H2,1-3H3,(H,41,51)(H,48,49);1H/b34-33-;/t30-;/m0./s1. The first-order chi connectivity index (χ1) is 25.0. The fourth-order valence-electron chi connectivity index (χ4n) is 6.18. The molecule has 1 atom stereocenters. The molecular formula is C38H46ClN7O7. The van der Waals surface area contributed by atoms with Crippen LogP contribution in [-0.4, -0.2) is 111 Å². The molecule has 2 heterocycles. The lowest BCUT2D eigenvalue weighted by Crippen LogP contribution is -2.49. The van der Waals surface area contributed by atoms with Crippen molar-refractivity contribution in [1.82, 2.24) is 15.1 Å². The van der Waals surface area contributed by atoms with Gasteiger partial charge in [-0.05, 0) is 74.8 Å². The Balaban J connectivity index is 0.00000627. The molecule has 3 aromatic carbocycles. The van der Waals surface area contributed by atoms with Crippen molar-refractivity contribution in [2.24, 2.45) is 5.73 Å². The number of amides is 4. The van der Waals surface area contributed by atoms with Crippen LogP contribution in [0.25, 0.3) is 11.3 Å². The first-order valence-electron chi connectivity index (χ1n) is 17.2. The number of urea groups is 1. The number of nitrogens with one attached hydrogen (secondary N) is 2. The molecule has 0 aliphatic carbocycles. The Morgan fingerprint density at radius 1 is 0.943 bits per heavy atom. The third-order valence-electron chi connectivity index (χ3n) is 9.27. The number of unbranched alkanes of at least 4 members (excludes halogenated alkanes) is 1. The van der Waals surface area contributed by atoms with E-state index in [1.54, 1.807) is 48.3 Å². The topological polar surface area (TPSA) is 178 Å². The van der Waals surface area contributed by atoms with Gasteiger partial charge in [-0.25, -0.2) is 19.3 Å². The number of esters is 1. The van der Waals surface area contributed by atoms with Crippen molar-refractivity contribution in [2.75, 3.05) is 75.6 Å². The van der Waals surface area contributed by atoms with Crippen molar-refractivity contribution in [3.8, 4) is 0 Å². The fraction of sp³-hybridized carbons (Fsp3) is 0.342. The highest BCUT2D eigenvalue weighted by molar-refractivity contribution is 6.44. The van der Waals surface area contributed by atoms with E-state index < -0.39 is 29.9 Å². The van der Waals surface area contributed by atoms with Crippen molar-refractivity contribution in [2.45, 2.75) is 25.3 Å². The van der Waals surface area contributed by atoms with E-state index in [1.807, 2.05) is 18.2 Å². The molecule has 5 rings (SSSR count). The van der Waals surface area contributed by atoms with Crippen molar-refractivity contribution < 1.29 is 33.8 Å². The predicted octanol–water partition coefficient (Wildman–Crippen LogP) is 3.72. The van der Waals surface area contributed by atoms with E-state index >= 15 is 0 Å². The number of nitrogens with zero attached hydrogens (tertiary/aromatic N) is 4. The number of hydrogen-bond donors (Lipinski definition) is 4. The third-order valence-corrected chi connectivity index (χ3v) is 9.27. The maximum atomic E-state index is 14.4. The quantitative estimate of drug-likeness (QED) is 0.114. The SMILES string of the molecule is COC(=O)[C@H](CCCCN)NC(=O)N1C(=O)/C(=C(\Nc2ccc(N(C)C(=O)CN3CCN(C)CC3)cc2)c2ccccc2)c2ccc(C(=O)O)cc21.Cl. The number of piperazine rings is 1. The second-order valence-corrected chi connectivity index (χ2v) is 12.8. The zero-order valence-corrected chi connectivity index (χ0v) is 30.9. The molecule has 0 spiro atoms. The van der Waals surface area contributed by atoms with Crippen molar-refractivity contribution in [3.63, 3.8) is 0 Å². The number of carboxylic acid groups (broad SMARTS) is 1. The maximum absolute atomic E-state index is 14.4. The number of anilines is 3. The first kappa shape index (κ1) is 40.5. The average molecular weight is 748 g/mol. The fourth-order valence-corrected chi connectivity index (χ4v) is 6.18. The molecule has 14 nitrogen and oxygen atoms in total. The van der Waals surface area contributed by atoms with Crippen LogP contribution in [0.5, 0.6) is 0 Å². The number of nitrogens with two attached hydrogens (primary N) is 1.